The number of aromatic nitrogens is 2. The van der Waals surface area contributed by atoms with E-state index in [1.54, 1.807) is 11.2 Å². The van der Waals surface area contributed by atoms with Crippen LogP contribution in [0.4, 0.5) is 0 Å². The first kappa shape index (κ1) is 16.1. The average molecular weight is 335 g/mol. The van der Waals surface area contributed by atoms with Crippen LogP contribution in [0.5, 0.6) is 0 Å². The topological polar surface area (TPSA) is 76.3 Å². The van der Waals surface area contributed by atoms with Crippen LogP contribution in [-0.2, 0) is 22.2 Å². The minimum Gasteiger partial charge on any atom is -0.340 e. The molecular weight excluding hydrogens is 314 g/mol. The molecular formula is C16H21N3O3S. The van der Waals surface area contributed by atoms with Gasteiger partial charge in [-0.3, -0.25) is 0 Å². The zero-order chi connectivity index (χ0) is 16.3. The van der Waals surface area contributed by atoms with E-state index in [2.05, 4.69) is 10.1 Å². The summed E-state index contributed by atoms with van der Waals surface area (Å²) in [6, 6.07) is 9.36. The third-order valence-corrected chi connectivity index (χ3v) is 6.04. The number of benzene rings is 1. The summed E-state index contributed by atoms with van der Waals surface area (Å²) in [5.74, 6) is 1.25. The van der Waals surface area contributed by atoms with Crippen LogP contribution in [-0.4, -0.2) is 35.5 Å². The van der Waals surface area contributed by atoms with Crippen LogP contribution >= 0.6 is 0 Å². The van der Waals surface area contributed by atoms with Crippen LogP contribution in [0.1, 0.15) is 36.5 Å². The van der Waals surface area contributed by atoms with E-state index in [9.17, 15) is 8.42 Å². The zero-order valence-corrected chi connectivity index (χ0v) is 14.0. The van der Waals surface area contributed by atoms with Gasteiger partial charge in [-0.1, -0.05) is 35.5 Å². The molecule has 7 heteroatoms. The van der Waals surface area contributed by atoms with Crippen LogP contribution < -0.4 is 0 Å². The molecule has 6 nitrogen and oxygen atoms in total. The second kappa shape index (κ2) is 6.80. The van der Waals surface area contributed by atoms with Crippen LogP contribution in [0.2, 0.25) is 0 Å². The smallest absolute Gasteiger partial charge is 0.223 e. The Labute approximate surface area is 136 Å². The van der Waals surface area contributed by atoms with Crippen molar-refractivity contribution in [2.45, 2.75) is 44.4 Å². The number of hydrogen-bond donors (Lipinski definition) is 0. The van der Waals surface area contributed by atoms with Crippen molar-refractivity contribution in [3.8, 4) is 0 Å². The molecule has 1 aliphatic heterocycles. The van der Waals surface area contributed by atoms with Crippen LogP contribution in [0.25, 0.3) is 0 Å². The van der Waals surface area contributed by atoms with Crippen molar-refractivity contribution in [3.05, 3.63) is 47.6 Å². The summed E-state index contributed by atoms with van der Waals surface area (Å²) in [7, 11) is -3.29. The fraction of sp³-hybridized carbons (Fsp3) is 0.500. The molecule has 1 aromatic carbocycles. The Bertz CT molecular complexity index is 743. The minimum absolute atomic E-state index is 0.0301. The van der Waals surface area contributed by atoms with Crippen molar-refractivity contribution in [1.29, 1.82) is 0 Å². The third kappa shape index (κ3) is 3.97. The largest absolute Gasteiger partial charge is 0.340 e. The molecule has 0 amide bonds. The first-order chi connectivity index (χ1) is 11.0. The van der Waals surface area contributed by atoms with Gasteiger partial charge in [0.2, 0.25) is 15.9 Å². The van der Waals surface area contributed by atoms with Crippen molar-refractivity contribution in [1.82, 2.24) is 14.4 Å². The highest BCUT2D eigenvalue weighted by atomic mass is 32.2. The predicted octanol–water partition coefficient (Wildman–Crippen LogP) is 2.31. The lowest BCUT2D eigenvalue weighted by atomic mass is 10.1. The molecule has 2 aromatic rings. The van der Waals surface area contributed by atoms with Gasteiger partial charge in [0.1, 0.15) is 0 Å². The molecule has 0 N–H and O–H groups in total. The lowest BCUT2D eigenvalue weighted by molar-refractivity contribution is 0.361. The molecule has 1 unspecified atom stereocenters. The lowest BCUT2D eigenvalue weighted by Gasteiger charge is -2.23. The van der Waals surface area contributed by atoms with Gasteiger partial charge >= 0.3 is 0 Å². The van der Waals surface area contributed by atoms with Crippen molar-refractivity contribution in [3.63, 3.8) is 0 Å². The maximum atomic E-state index is 12.7. The number of hydrogen-bond acceptors (Lipinski definition) is 5. The van der Waals surface area contributed by atoms with Crippen LogP contribution in [0.3, 0.4) is 0 Å². The zero-order valence-electron chi connectivity index (χ0n) is 13.2. The predicted molar refractivity (Wildman–Crippen MR) is 86.1 cm³/mol. The van der Waals surface area contributed by atoms with Gasteiger partial charge in [0.15, 0.2) is 5.82 Å². The first-order valence-corrected chi connectivity index (χ1v) is 9.48. The van der Waals surface area contributed by atoms with Crippen molar-refractivity contribution < 1.29 is 12.9 Å². The molecule has 0 spiro atoms. The highest BCUT2D eigenvalue weighted by Crippen LogP contribution is 2.26. The Balaban J connectivity index is 1.65. The van der Waals surface area contributed by atoms with Crippen molar-refractivity contribution in [2.75, 3.05) is 6.54 Å². The molecule has 0 aliphatic carbocycles. The Morgan fingerprint density at radius 2 is 2.09 bits per heavy atom. The van der Waals surface area contributed by atoms with Crippen LogP contribution in [0.15, 0.2) is 34.9 Å². The van der Waals surface area contributed by atoms with E-state index in [0.717, 1.165) is 24.8 Å². The van der Waals surface area contributed by atoms with E-state index in [1.807, 2.05) is 30.3 Å². The van der Waals surface area contributed by atoms with E-state index < -0.39 is 10.0 Å². The minimum atomic E-state index is -3.29. The van der Waals surface area contributed by atoms with E-state index in [-0.39, 0.29) is 11.8 Å². The highest BCUT2D eigenvalue weighted by molar-refractivity contribution is 7.88. The van der Waals surface area contributed by atoms with Crippen LogP contribution in [0, 0.1) is 6.92 Å². The van der Waals surface area contributed by atoms with E-state index in [0.29, 0.717) is 24.7 Å². The second-order valence-electron chi connectivity index (χ2n) is 5.92. The van der Waals surface area contributed by atoms with Gasteiger partial charge in [-0.05, 0) is 24.8 Å². The SMILES string of the molecule is Cc1nc(CCC2CCCN2S(=O)(=O)Cc2ccccc2)no1. The van der Waals surface area contributed by atoms with Crippen molar-refractivity contribution >= 4 is 10.0 Å². The molecule has 0 radical (unpaired) electrons. The van der Waals surface area contributed by atoms with Gasteiger partial charge in [0.25, 0.3) is 0 Å². The monoisotopic (exact) mass is 335 g/mol. The summed E-state index contributed by atoms with van der Waals surface area (Å²) >= 11 is 0. The molecule has 1 aliphatic rings. The van der Waals surface area contributed by atoms with Crippen molar-refractivity contribution in [2.24, 2.45) is 0 Å². The second-order valence-corrected chi connectivity index (χ2v) is 7.84. The van der Waals surface area contributed by atoms with Gasteiger partial charge in [-0.25, -0.2) is 8.42 Å². The quantitative estimate of drug-likeness (QED) is 0.809. The molecule has 23 heavy (non-hydrogen) atoms. The fourth-order valence-corrected chi connectivity index (χ4v) is 4.92. The van der Waals surface area contributed by atoms with E-state index >= 15 is 0 Å². The molecule has 2 heterocycles. The normalized spacial score (nSPS) is 19.3. The molecule has 3 rings (SSSR count). The molecule has 1 saturated heterocycles. The summed E-state index contributed by atoms with van der Waals surface area (Å²) in [5, 5.41) is 3.88. The summed E-state index contributed by atoms with van der Waals surface area (Å²) < 4.78 is 32.0. The molecule has 0 saturated carbocycles. The Hall–Kier alpha value is -1.73. The first-order valence-electron chi connectivity index (χ1n) is 7.87. The van der Waals surface area contributed by atoms with Gasteiger partial charge in [0.05, 0.1) is 5.75 Å². The Morgan fingerprint density at radius 3 is 2.78 bits per heavy atom. The average Bonchev–Trinajstić information content (AvgIpc) is 3.14. The number of nitrogens with zero attached hydrogens (tertiary/aromatic N) is 3. The summed E-state index contributed by atoms with van der Waals surface area (Å²) in [4.78, 5) is 4.18. The summed E-state index contributed by atoms with van der Waals surface area (Å²) in [6.45, 7) is 2.35. The fourth-order valence-electron chi connectivity index (χ4n) is 3.07. The summed E-state index contributed by atoms with van der Waals surface area (Å²) in [5.41, 5.74) is 0.826. The maximum Gasteiger partial charge on any atom is 0.223 e. The lowest BCUT2D eigenvalue weighted by Crippen LogP contribution is -2.36. The van der Waals surface area contributed by atoms with Gasteiger partial charge < -0.3 is 4.52 Å². The van der Waals surface area contributed by atoms with Gasteiger partial charge in [-0.2, -0.15) is 9.29 Å². The number of aryl methyl sites for hydroxylation is 2. The highest BCUT2D eigenvalue weighted by Gasteiger charge is 2.34. The standard InChI is InChI=1S/C16H21N3O3S/c1-13-17-16(18-22-13)10-9-15-8-5-11-19(15)23(20,21)12-14-6-3-2-4-7-14/h2-4,6-7,15H,5,8-12H2,1H3. The van der Waals surface area contributed by atoms with E-state index in [1.165, 1.54) is 0 Å². The molecule has 1 atom stereocenters. The Morgan fingerprint density at radius 1 is 1.30 bits per heavy atom. The molecule has 1 aromatic heterocycles. The number of rotatable bonds is 6. The van der Waals surface area contributed by atoms with Gasteiger partial charge in [0, 0.05) is 25.9 Å². The molecule has 124 valence electrons. The molecule has 0 bridgehead atoms. The Kier molecular flexibility index (Phi) is 4.77. The summed E-state index contributed by atoms with van der Waals surface area (Å²) in [6.07, 6.45) is 3.17. The molecule has 1 fully saturated rings. The number of sulfonamides is 1. The van der Waals surface area contributed by atoms with Gasteiger partial charge in [-0.15, -0.1) is 0 Å². The third-order valence-electron chi connectivity index (χ3n) is 4.14. The maximum absolute atomic E-state index is 12.7. The van der Waals surface area contributed by atoms with E-state index in [4.69, 9.17) is 4.52 Å².